The highest BCUT2D eigenvalue weighted by Gasteiger charge is 2.08. The van der Waals surface area contributed by atoms with Crippen LogP contribution < -0.4 is 10.2 Å². The van der Waals surface area contributed by atoms with Crippen LogP contribution in [0.25, 0.3) is 0 Å². The molecule has 1 N–H and O–H groups in total. The Labute approximate surface area is 128 Å². The van der Waals surface area contributed by atoms with Crippen molar-refractivity contribution in [3.8, 4) is 0 Å². The average molecular weight is 335 g/mol. The Morgan fingerprint density at radius 1 is 1.25 bits per heavy atom. The van der Waals surface area contributed by atoms with Gasteiger partial charge in [0.25, 0.3) is 0 Å². The molecular weight excluding hydrogens is 316 g/mol. The van der Waals surface area contributed by atoms with E-state index in [1.54, 1.807) is 0 Å². The van der Waals surface area contributed by atoms with Crippen LogP contribution in [0.5, 0.6) is 0 Å². The molecule has 0 saturated heterocycles. The lowest BCUT2D eigenvalue weighted by atomic mass is 10.2. The minimum Gasteiger partial charge on any atom is -0.373 e. The first kappa shape index (κ1) is 14.8. The summed E-state index contributed by atoms with van der Waals surface area (Å²) < 4.78 is 1.09. The molecule has 0 aliphatic rings. The van der Waals surface area contributed by atoms with Gasteiger partial charge in [0.2, 0.25) is 0 Å². The fourth-order valence-corrected chi connectivity index (χ4v) is 2.40. The van der Waals surface area contributed by atoms with Crippen molar-refractivity contribution in [3.05, 3.63) is 46.2 Å². The lowest BCUT2D eigenvalue weighted by molar-refractivity contribution is 0.859. The largest absolute Gasteiger partial charge is 0.373 e. The quantitative estimate of drug-likeness (QED) is 0.908. The number of aromatic nitrogens is 2. The lowest BCUT2D eigenvalue weighted by Crippen LogP contribution is -2.19. The van der Waals surface area contributed by atoms with Crippen molar-refractivity contribution in [2.24, 2.45) is 0 Å². The van der Waals surface area contributed by atoms with Crippen molar-refractivity contribution in [2.75, 3.05) is 24.3 Å². The van der Waals surface area contributed by atoms with E-state index in [4.69, 9.17) is 0 Å². The van der Waals surface area contributed by atoms with E-state index >= 15 is 0 Å². The molecular formula is C15H19BrN4. The van der Waals surface area contributed by atoms with Gasteiger partial charge in [0.15, 0.2) is 0 Å². The minimum atomic E-state index is 0.808. The summed E-state index contributed by atoms with van der Waals surface area (Å²) >= 11 is 3.50. The monoisotopic (exact) mass is 334 g/mol. The zero-order valence-electron chi connectivity index (χ0n) is 12.0. The Morgan fingerprint density at radius 2 is 2.05 bits per heavy atom. The van der Waals surface area contributed by atoms with E-state index in [1.807, 2.05) is 32.3 Å². The molecule has 1 aromatic carbocycles. The molecule has 4 nitrogen and oxygen atoms in total. The molecule has 1 heterocycles. The minimum absolute atomic E-state index is 0.808. The second-order valence-electron chi connectivity index (χ2n) is 4.62. The average Bonchev–Trinajstić information content (AvgIpc) is 2.46. The van der Waals surface area contributed by atoms with Crippen molar-refractivity contribution in [3.63, 3.8) is 0 Å². The van der Waals surface area contributed by atoms with Gasteiger partial charge in [-0.05, 0) is 17.7 Å². The SMILES string of the molecule is CCc1nc(NC)cc(N(C)Cc2cccc(Br)c2)n1. The van der Waals surface area contributed by atoms with Gasteiger partial charge in [-0.15, -0.1) is 0 Å². The summed E-state index contributed by atoms with van der Waals surface area (Å²) in [4.78, 5) is 11.1. The van der Waals surface area contributed by atoms with Gasteiger partial charge in [0.1, 0.15) is 17.5 Å². The van der Waals surface area contributed by atoms with Crippen LogP contribution >= 0.6 is 15.9 Å². The van der Waals surface area contributed by atoms with E-state index in [0.29, 0.717) is 0 Å². The number of nitrogens with one attached hydrogen (secondary N) is 1. The number of hydrogen-bond acceptors (Lipinski definition) is 4. The van der Waals surface area contributed by atoms with Gasteiger partial charge >= 0.3 is 0 Å². The van der Waals surface area contributed by atoms with Gasteiger partial charge in [-0.3, -0.25) is 0 Å². The highest BCUT2D eigenvalue weighted by Crippen LogP contribution is 2.18. The van der Waals surface area contributed by atoms with Crippen molar-refractivity contribution in [2.45, 2.75) is 19.9 Å². The van der Waals surface area contributed by atoms with E-state index in [2.05, 4.69) is 55.2 Å². The van der Waals surface area contributed by atoms with E-state index in [9.17, 15) is 0 Å². The van der Waals surface area contributed by atoms with Gasteiger partial charge in [-0.2, -0.15) is 0 Å². The molecule has 2 aromatic rings. The van der Waals surface area contributed by atoms with Crippen LogP contribution in [-0.4, -0.2) is 24.1 Å². The Morgan fingerprint density at radius 3 is 2.70 bits per heavy atom. The molecule has 0 saturated carbocycles. The zero-order chi connectivity index (χ0) is 14.5. The third kappa shape index (κ3) is 3.70. The Kier molecular flexibility index (Phi) is 4.95. The van der Waals surface area contributed by atoms with Gasteiger partial charge < -0.3 is 10.2 Å². The van der Waals surface area contributed by atoms with Crippen LogP contribution in [0.3, 0.4) is 0 Å². The number of rotatable bonds is 5. The van der Waals surface area contributed by atoms with Crippen LogP contribution in [0.2, 0.25) is 0 Å². The zero-order valence-corrected chi connectivity index (χ0v) is 13.6. The van der Waals surface area contributed by atoms with Gasteiger partial charge in [-0.25, -0.2) is 9.97 Å². The summed E-state index contributed by atoms with van der Waals surface area (Å²) in [6.45, 7) is 2.87. The first-order chi connectivity index (χ1) is 9.62. The summed E-state index contributed by atoms with van der Waals surface area (Å²) in [5.41, 5.74) is 1.24. The van der Waals surface area contributed by atoms with E-state index in [0.717, 1.165) is 34.9 Å². The van der Waals surface area contributed by atoms with Crippen molar-refractivity contribution in [1.29, 1.82) is 0 Å². The Balaban J connectivity index is 2.22. The van der Waals surface area contributed by atoms with E-state index in [-0.39, 0.29) is 0 Å². The van der Waals surface area contributed by atoms with E-state index < -0.39 is 0 Å². The summed E-state index contributed by atoms with van der Waals surface area (Å²) in [7, 11) is 3.92. The van der Waals surface area contributed by atoms with Gasteiger partial charge in [0, 0.05) is 37.6 Å². The van der Waals surface area contributed by atoms with Crippen LogP contribution in [-0.2, 0) is 13.0 Å². The molecule has 0 radical (unpaired) electrons. The van der Waals surface area contributed by atoms with Crippen LogP contribution in [0.15, 0.2) is 34.8 Å². The fourth-order valence-electron chi connectivity index (χ4n) is 1.96. The van der Waals surface area contributed by atoms with Crippen LogP contribution in [0.4, 0.5) is 11.6 Å². The molecule has 0 aliphatic carbocycles. The molecule has 0 aliphatic heterocycles. The summed E-state index contributed by atoms with van der Waals surface area (Å²) in [5.74, 6) is 2.64. The van der Waals surface area contributed by atoms with Crippen molar-refractivity contribution < 1.29 is 0 Å². The van der Waals surface area contributed by atoms with Gasteiger partial charge in [-0.1, -0.05) is 35.0 Å². The number of nitrogens with zero attached hydrogens (tertiary/aromatic N) is 3. The Hall–Kier alpha value is -1.62. The maximum Gasteiger partial charge on any atom is 0.134 e. The summed E-state index contributed by atoms with van der Waals surface area (Å²) in [5, 5.41) is 3.08. The van der Waals surface area contributed by atoms with Crippen molar-refractivity contribution >= 4 is 27.6 Å². The molecule has 0 bridgehead atoms. The molecule has 0 amide bonds. The van der Waals surface area contributed by atoms with Gasteiger partial charge in [0.05, 0.1) is 0 Å². The number of halogens is 1. The number of aryl methyl sites for hydroxylation is 1. The number of anilines is 2. The molecule has 2 rings (SSSR count). The predicted molar refractivity (Wildman–Crippen MR) is 87.2 cm³/mol. The highest BCUT2D eigenvalue weighted by molar-refractivity contribution is 9.10. The van der Waals surface area contributed by atoms with E-state index in [1.165, 1.54) is 5.56 Å². The molecule has 1 aromatic heterocycles. The van der Waals surface area contributed by atoms with Crippen LogP contribution in [0.1, 0.15) is 18.3 Å². The number of hydrogen-bond donors (Lipinski definition) is 1. The fraction of sp³-hybridized carbons (Fsp3) is 0.333. The standard InChI is InChI=1S/C15H19BrN4/c1-4-13-18-14(17-2)9-15(19-13)20(3)10-11-6-5-7-12(16)8-11/h5-9H,4,10H2,1-3H3,(H,17,18,19). The maximum absolute atomic E-state index is 4.58. The molecule has 0 fully saturated rings. The highest BCUT2D eigenvalue weighted by atomic mass is 79.9. The lowest BCUT2D eigenvalue weighted by Gasteiger charge is -2.19. The normalized spacial score (nSPS) is 10.4. The molecule has 20 heavy (non-hydrogen) atoms. The third-order valence-electron chi connectivity index (χ3n) is 3.03. The molecule has 0 unspecified atom stereocenters. The summed E-state index contributed by atoms with van der Waals surface area (Å²) in [6, 6.07) is 10.3. The topological polar surface area (TPSA) is 41.1 Å². The first-order valence-corrected chi connectivity index (χ1v) is 7.43. The number of benzene rings is 1. The van der Waals surface area contributed by atoms with Crippen molar-refractivity contribution in [1.82, 2.24) is 9.97 Å². The summed E-state index contributed by atoms with van der Waals surface area (Å²) in [6.07, 6.45) is 0.827. The second-order valence-corrected chi connectivity index (χ2v) is 5.53. The molecule has 106 valence electrons. The predicted octanol–water partition coefficient (Wildman–Crippen LogP) is 3.48. The second kappa shape index (κ2) is 6.70. The van der Waals surface area contributed by atoms with Crippen LogP contribution in [0, 0.1) is 0 Å². The first-order valence-electron chi connectivity index (χ1n) is 6.63. The maximum atomic E-state index is 4.58. The third-order valence-corrected chi connectivity index (χ3v) is 3.52. The Bertz CT molecular complexity index is 564. The molecule has 5 heteroatoms. The smallest absolute Gasteiger partial charge is 0.134 e. The molecule has 0 atom stereocenters. The molecule has 0 spiro atoms.